The Kier molecular flexibility index (Phi) is 5.96. The molecule has 5 heteroatoms. The number of hydrogen-bond donors (Lipinski definition) is 1. The molecule has 0 heterocycles. The van der Waals surface area contributed by atoms with Gasteiger partial charge in [0.1, 0.15) is 5.75 Å². The highest BCUT2D eigenvalue weighted by Crippen LogP contribution is 2.17. The molecule has 0 aliphatic carbocycles. The van der Waals surface area contributed by atoms with Crippen LogP contribution >= 0.6 is 0 Å². The molecule has 1 amide bonds. The van der Waals surface area contributed by atoms with Crippen LogP contribution in [0.1, 0.15) is 5.56 Å². The Bertz CT molecular complexity index is 490. The highest BCUT2D eigenvalue weighted by atomic mass is 16.5. The maximum atomic E-state index is 11.6. The number of esters is 1. The lowest BCUT2D eigenvalue weighted by Crippen LogP contribution is -2.29. The number of methoxy groups -OCH3 is 1. The summed E-state index contributed by atoms with van der Waals surface area (Å²) in [4.78, 5) is 22.7. The summed E-state index contributed by atoms with van der Waals surface area (Å²) >= 11 is 0. The van der Waals surface area contributed by atoms with Crippen molar-refractivity contribution in [1.29, 1.82) is 0 Å². The van der Waals surface area contributed by atoms with Gasteiger partial charge < -0.3 is 14.8 Å². The van der Waals surface area contributed by atoms with E-state index in [0.29, 0.717) is 11.3 Å². The van der Waals surface area contributed by atoms with Gasteiger partial charge in [0.25, 0.3) is 5.91 Å². The summed E-state index contributed by atoms with van der Waals surface area (Å²) in [6, 6.07) is 7.12. The van der Waals surface area contributed by atoms with Crippen molar-refractivity contribution in [2.75, 3.05) is 20.3 Å². The molecule has 0 saturated heterocycles. The first-order chi connectivity index (χ1) is 9.17. The number of hydrogen-bond acceptors (Lipinski definition) is 4. The number of ether oxygens (including phenoxy) is 2. The molecule has 0 unspecified atom stereocenters. The molecule has 0 atom stereocenters. The molecule has 0 aromatic heterocycles. The average Bonchev–Trinajstić information content (AvgIpc) is 2.43. The molecule has 0 aliphatic rings. The summed E-state index contributed by atoms with van der Waals surface area (Å²) in [6.07, 6.45) is 5.03. The highest BCUT2D eigenvalue weighted by Gasteiger charge is 2.11. The molecule has 5 nitrogen and oxygen atoms in total. The van der Waals surface area contributed by atoms with E-state index in [2.05, 4.69) is 11.2 Å². The minimum absolute atomic E-state index is 0.0480. The molecular weight excluding hydrogens is 246 g/mol. The van der Waals surface area contributed by atoms with Crippen molar-refractivity contribution in [3.8, 4) is 18.1 Å². The van der Waals surface area contributed by atoms with E-state index in [1.54, 1.807) is 24.3 Å². The van der Waals surface area contributed by atoms with Gasteiger partial charge in [-0.2, -0.15) is 0 Å². The van der Waals surface area contributed by atoms with Crippen molar-refractivity contribution in [2.45, 2.75) is 6.42 Å². The van der Waals surface area contributed by atoms with E-state index >= 15 is 0 Å². The van der Waals surface area contributed by atoms with Crippen LogP contribution < -0.4 is 10.1 Å². The Morgan fingerprint density at radius 3 is 2.79 bits per heavy atom. The van der Waals surface area contributed by atoms with Gasteiger partial charge in [-0.05, 0) is 6.07 Å². The molecule has 0 saturated carbocycles. The van der Waals surface area contributed by atoms with Crippen LogP contribution in [-0.2, 0) is 20.7 Å². The first-order valence-corrected chi connectivity index (χ1v) is 5.65. The van der Waals surface area contributed by atoms with Crippen LogP contribution in [-0.4, -0.2) is 32.1 Å². The first kappa shape index (κ1) is 14.6. The fourth-order valence-electron chi connectivity index (χ4n) is 1.40. The van der Waals surface area contributed by atoms with Crippen LogP contribution in [0.2, 0.25) is 0 Å². The maximum Gasteiger partial charge on any atom is 0.310 e. The van der Waals surface area contributed by atoms with Crippen molar-refractivity contribution in [3.05, 3.63) is 29.8 Å². The summed E-state index contributed by atoms with van der Waals surface area (Å²) in [5, 5.41) is 2.40. The molecule has 1 rings (SSSR count). The van der Waals surface area contributed by atoms with E-state index in [1.807, 2.05) is 0 Å². The second-order valence-corrected chi connectivity index (χ2v) is 3.63. The standard InChI is InChI=1S/C14H15NO4/c1-3-8-15-13(16)10-19-14(17)9-11-6-4-5-7-12(11)18-2/h1,4-7H,8-10H2,2H3,(H,15,16). The average molecular weight is 261 g/mol. The maximum absolute atomic E-state index is 11.6. The summed E-state index contributed by atoms with van der Waals surface area (Å²) in [5.74, 6) is 1.94. The quantitative estimate of drug-likeness (QED) is 0.599. The van der Waals surface area contributed by atoms with Crippen LogP contribution in [0.3, 0.4) is 0 Å². The lowest BCUT2D eigenvalue weighted by atomic mass is 10.1. The lowest BCUT2D eigenvalue weighted by molar-refractivity contribution is -0.147. The Labute approximate surface area is 111 Å². The summed E-state index contributed by atoms with van der Waals surface area (Å²) in [5.41, 5.74) is 0.707. The van der Waals surface area contributed by atoms with Crippen molar-refractivity contribution in [3.63, 3.8) is 0 Å². The molecule has 0 fully saturated rings. The molecule has 0 bridgehead atoms. The van der Waals surface area contributed by atoms with E-state index in [0.717, 1.165) is 0 Å². The Hall–Kier alpha value is -2.48. The zero-order valence-corrected chi connectivity index (χ0v) is 10.6. The van der Waals surface area contributed by atoms with Crippen molar-refractivity contribution >= 4 is 11.9 Å². The number of nitrogens with one attached hydrogen (secondary N) is 1. The smallest absolute Gasteiger partial charge is 0.310 e. The minimum Gasteiger partial charge on any atom is -0.496 e. The van der Waals surface area contributed by atoms with Crippen LogP contribution in [0.5, 0.6) is 5.75 Å². The number of carbonyl (C=O) groups is 2. The largest absolute Gasteiger partial charge is 0.496 e. The third-order valence-corrected chi connectivity index (χ3v) is 2.28. The van der Waals surface area contributed by atoms with E-state index in [9.17, 15) is 9.59 Å². The number of benzene rings is 1. The monoisotopic (exact) mass is 261 g/mol. The Morgan fingerprint density at radius 2 is 2.11 bits per heavy atom. The molecule has 100 valence electrons. The summed E-state index contributed by atoms with van der Waals surface area (Å²) < 4.78 is 9.94. The predicted molar refractivity (Wildman–Crippen MR) is 69.5 cm³/mol. The summed E-state index contributed by atoms with van der Waals surface area (Å²) in [7, 11) is 1.53. The number of amides is 1. The van der Waals surface area contributed by atoms with Crippen LogP contribution in [0, 0.1) is 12.3 Å². The van der Waals surface area contributed by atoms with Crippen LogP contribution in [0.25, 0.3) is 0 Å². The van der Waals surface area contributed by atoms with E-state index < -0.39 is 11.9 Å². The van der Waals surface area contributed by atoms with E-state index in [1.165, 1.54) is 7.11 Å². The molecule has 1 aromatic carbocycles. The normalized spacial score (nSPS) is 9.26. The van der Waals surface area contributed by atoms with Crippen LogP contribution in [0.4, 0.5) is 0 Å². The second kappa shape index (κ2) is 7.77. The van der Waals surface area contributed by atoms with E-state index in [4.69, 9.17) is 15.9 Å². The number of rotatable bonds is 6. The van der Waals surface area contributed by atoms with Crippen molar-refractivity contribution in [2.24, 2.45) is 0 Å². The van der Waals surface area contributed by atoms with Gasteiger partial charge in [-0.1, -0.05) is 24.1 Å². The number of terminal acetylenes is 1. The third-order valence-electron chi connectivity index (χ3n) is 2.28. The van der Waals surface area contributed by atoms with Crippen molar-refractivity contribution in [1.82, 2.24) is 5.32 Å². The van der Waals surface area contributed by atoms with Crippen LogP contribution in [0.15, 0.2) is 24.3 Å². The third kappa shape index (κ3) is 5.13. The molecule has 1 aromatic rings. The molecule has 1 N–H and O–H groups in total. The fourth-order valence-corrected chi connectivity index (χ4v) is 1.40. The van der Waals surface area contributed by atoms with Gasteiger partial charge in [0.2, 0.25) is 0 Å². The van der Waals surface area contributed by atoms with Gasteiger partial charge in [0.05, 0.1) is 20.1 Å². The molecule has 0 spiro atoms. The molecule has 0 aliphatic heterocycles. The zero-order chi connectivity index (χ0) is 14.1. The molecular formula is C14H15NO4. The fraction of sp³-hybridized carbons (Fsp3) is 0.286. The van der Waals surface area contributed by atoms with Gasteiger partial charge in [-0.25, -0.2) is 0 Å². The Morgan fingerprint density at radius 1 is 1.37 bits per heavy atom. The van der Waals surface area contributed by atoms with Gasteiger partial charge in [-0.3, -0.25) is 9.59 Å². The first-order valence-electron chi connectivity index (χ1n) is 5.65. The highest BCUT2D eigenvalue weighted by molar-refractivity contribution is 5.81. The minimum atomic E-state index is -0.500. The zero-order valence-electron chi connectivity index (χ0n) is 10.6. The number of para-hydroxylation sites is 1. The second-order valence-electron chi connectivity index (χ2n) is 3.63. The Balaban J connectivity index is 2.43. The predicted octanol–water partition coefficient (Wildman–Crippen LogP) is 0.530. The topological polar surface area (TPSA) is 64.6 Å². The van der Waals surface area contributed by atoms with Gasteiger partial charge >= 0.3 is 5.97 Å². The SMILES string of the molecule is C#CCNC(=O)COC(=O)Cc1ccccc1OC. The summed E-state index contributed by atoms with van der Waals surface area (Å²) in [6.45, 7) is -0.224. The van der Waals surface area contributed by atoms with Gasteiger partial charge in [0, 0.05) is 5.56 Å². The van der Waals surface area contributed by atoms with Crippen molar-refractivity contribution < 1.29 is 19.1 Å². The number of carbonyl (C=O) groups excluding carboxylic acids is 2. The lowest BCUT2D eigenvalue weighted by Gasteiger charge is -2.08. The van der Waals surface area contributed by atoms with Gasteiger partial charge in [0.15, 0.2) is 6.61 Å². The molecule has 19 heavy (non-hydrogen) atoms. The van der Waals surface area contributed by atoms with E-state index in [-0.39, 0.29) is 19.6 Å². The van der Waals surface area contributed by atoms with Gasteiger partial charge in [-0.15, -0.1) is 6.42 Å². The molecule has 0 radical (unpaired) electrons.